The largest absolute Gasteiger partial charge is 0.456 e. The van der Waals surface area contributed by atoms with E-state index in [0.717, 1.165) is 61.5 Å². The quantitative estimate of drug-likeness (QED) is 0.176. The van der Waals surface area contributed by atoms with Gasteiger partial charge >= 0.3 is 0 Å². The monoisotopic (exact) mass is 738 g/mol. The Hall–Kier alpha value is -7.62. The van der Waals surface area contributed by atoms with Crippen molar-refractivity contribution >= 4 is 11.0 Å². The van der Waals surface area contributed by atoms with Crippen LogP contribution in [0.15, 0.2) is 211 Å². The highest BCUT2D eigenvalue weighted by Crippen LogP contribution is 2.66. The van der Waals surface area contributed by atoms with E-state index in [9.17, 15) is 0 Å². The lowest BCUT2D eigenvalue weighted by atomic mass is 9.68. The molecule has 3 nitrogen and oxygen atoms in total. The molecule has 3 heteroatoms. The zero-order chi connectivity index (χ0) is 38.2. The Morgan fingerprint density at radius 2 is 0.879 bits per heavy atom. The molecule has 0 aliphatic heterocycles. The molecule has 12 rings (SSSR count). The van der Waals surface area contributed by atoms with E-state index in [1.807, 2.05) is 12.1 Å². The van der Waals surface area contributed by atoms with Crippen LogP contribution in [0.5, 0.6) is 0 Å². The van der Waals surface area contributed by atoms with Crippen LogP contribution in [-0.2, 0) is 5.41 Å². The molecule has 270 valence electrons. The van der Waals surface area contributed by atoms with Crippen molar-refractivity contribution in [3.05, 3.63) is 229 Å². The molecular formula is C55H34N2O. The molecule has 0 bridgehead atoms. The maximum absolute atomic E-state index is 6.79. The van der Waals surface area contributed by atoms with Crippen molar-refractivity contribution in [3.63, 3.8) is 0 Å². The van der Waals surface area contributed by atoms with Crippen molar-refractivity contribution in [3.8, 4) is 78.6 Å². The van der Waals surface area contributed by atoms with Gasteiger partial charge in [-0.3, -0.25) is 0 Å². The molecular weight excluding hydrogens is 705 g/mol. The summed E-state index contributed by atoms with van der Waals surface area (Å²) < 4.78 is 6.79. The first kappa shape index (κ1) is 32.6. The molecule has 1 unspecified atom stereocenters. The zero-order valence-electron chi connectivity index (χ0n) is 31.4. The first-order valence-electron chi connectivity index (χ1n) is 19.8. The van der Waals surface area contributed by atoms with Crippen LogP contribution in [0.25, 0.3) is 89.6 Å². The van der Waals surface area contributed by atoms with Gasteiger partial charge in [-0.1, -0.05) is 188 Å². The molecule has 0 saturated heterocycles. The molecule has 0 amide bonds. The average molecular weight is 739 g/mol. The Morgan fingerprint density at radius 3 is 1.67 bits per heavy atom. The second kappa shape index (κ2) is 12.7. The lowest BCUT2D eigenvalue weighted by molar-refractivity contribution is 0.628. The fraction of sp³-hybridized carbons (Fsp3) is 0.0182. The Labute approximate surface area is 336 Å². The van der Waals surface area contributed by atoms with Crippen LogP contribution in [-0.4, -0.2) is 9.97 Å². The third-order valence-corrected chi connectivity index (χ3v) is 12.1. The van der Waals surface area contributed by atoms with E-state index in [-0.39, 0.29) is 0 Å². The van der Waals surface area contributed by atoms with E-state index in [1.54, 1.807) is 0 Å². The molecule has 2 aliphatic carbocycles. The first-order chi connectivity index (χ1) is 28.8. The molecule has 0 saturated carbocycles. The Balaban J connectivity index is 1.06. The van der Waals surface area contributed by atoms with Gasteiger partial charge in [0.25, 0.3) is 0 Å². The predicted molar refractivity (Wildman–Crippen MR) is 235 cm³/mol. The van der Waals surface area contributed by atoms with E-state index in [0.29, 0.717) is 5.82 Å². The molecule has 0 fully saturated rings. The third-order valence-electron chi connectivity index (χ3n) is 12.1. The summed E-state index contributed by atoms with van der Waals surface area (Å²) in [5.41, 5.74) is 18.5. The Morgan fingerprint density at radius 1 is 0.345 bits per heavy atom. The highest BCUT2D eigenvalue weighted by molar-refractivity contribution is 6.04. The summed E-state index contributed by atoms with van der Waals surface area (Å²) in [6.07, 6.45) is 0. The van der Waals surface area contributed by atoms with Gasteiger partial charge in [-0.05, 0) is 68.3 Å². The van der Waals surface area contributed by atoms with E-state index in [2.05, 4.69) is 194 Å². The minimum Gasteiger partial charge on any atom is -0.456 e. The lowest BCUT2D eigenvalue weighted by Crippen LogP contribution is -2.26. The van der Waals surface area contributed by atoms with Gasteiger partial charge in [0.2, 0.25) is 0 Å². The second-order valence-electron chi connectivity index (χ2n) is 15.2. The number of hydrogen-bond donors (Lipinski definition) is 0. The van der Waals surface area contributed by atoms with Gasteiger partial charge in [0.15, 0.2) is 5.82 Å². The molecule has 2 heterocycles. The van der Waals surface area contributed by atoms with Crippen molar-refractivity contribution in [1.82, 2.24) is 9.97 Å². The van der Waals surface area contributed by atoms with E-state index >= 15 is 0 Å². The lowest BCUT2D eigenvalue weighted by Gasteiger charge is -2.31. The predicted octanol–water partition coefficient (Wildman–Crippen LogP) is 13.9. The topological polar surface area (TPSA) is 38.9 Å². The van der Waals surface area contributed by atoms with Gasteiger partial charge < -0.3 is 4.42 Å². The molecule has 10 aromatic rings. The number of nitrogens with zero attached hydrogens (tertiary/aromatic N) is 2. The van der Waals surface area contributed by atoms with Crippen molar-refractivity contribution in [2.24, 2.45) is 0 Å². The van der Waals surface area contributed by atoms with Gasteiger partial charge in [-0.2, -0.15) is 0 Å². The van der Waals surface area contributed by atoms with Crippen LogP contribution in [0.4, 0.5) is 0 Å². The average Bonchev–Trinajstić information content (AvgIpc) is 3.93. The molecule has 0 radical (unpaired) electrons. The highest BCUT2D eigenvalue weighted by Gasteiger charge is 2.55. The Bertz CT molecular complexity index is 3220. The van der Waals surface area contributed by atoms with Gasteiger partial charge in [-0.15, -0.1) is 0 Å². The number of furan rings is 1. The fourth-order valence-electron chi connectivity index (χ4n) is 9.66. The summed E-state index contributed by atoms with van der Waals surface area (Å²) >= 11 is 0. The molecule has 8 aromatic carbocycles. The maximum atomic E-state index is 6.79. The second-order valence-corrected chi connectivity index (χ2v) is 15.2. The van der Waals surface area contributed by atoms with Crippen LogP contribution in [0, 0.1) is 0 Å². The summed E-state index contributed by atoms with van der Waals surface area (Å²) in [6, 6.07) is 73.5. The van der Waals surface area contributed by atoms with Gasteiger partial charge in [0.05, 0.1) is 16.8 Å². The smallest absolute Gasteiger partial charge is 0.160 e. The number of fused-ring (bicyclic) bond motifs is 12. The molecule has 1 spiro atoms. The summed E-state index contributed by atoms with van der Waals surface area (Å²) in [7, 11) is 0. The standard InChI is InChI=1S/C55H34N2O/c1-3-15-35(16-4-1)36-29-31-38(32-30-36)54-56-48(37-17-5-2-6-18-37)34-49(57-54)40-20-13-19-39(33-40)41-24-14-25-43-42-21-7-10-26-46(42)55(51(41)43)47-27-11-8-22-44(47)53-52(55)45-23-9-12-28-50(45)58-53/h1-34H. The summed E-state index contributed by atoms with van der Waals surface area (Å²) in [4.78, 5) is 10.4. The number of rotatable bonds is 5. The van der Waals surface area contributed by atoms with E-state index in [1.165, 1.54) is 44.5 Å². The van der Waals surface area contributed by atoms with Gasteiger partial charge in [0, 0.05) is 33.2 Å². The maximum Gasteiger partial charge on any atom is 0.160 e. The minimum absolute atomic E-state index is 0.564. The normalized spacial score (nSPS) is 14.6. The fourth-order valence-corrected chi connectivity index (χ4v) is 9.66. The SMILES string of the molecule is c1ccc(-c2ccc(-c3nc(-c4ccccc4)cc(-c4cccc(-c5cccc6c5C5(c7ccccc7-6)c6ccccc6-c6oc7ccccc7c65)c4)n3)cc2)cc1. The molecule has 58 heavy (non-hydrogen) atoms. The van der Waals surface area contributed by atoms with E-state index < -0.39 is 5.41 Å². The van der Waals surface area contributed by atoms with Crippen LogP contribution in [0.3, 0.4) is 0 Å². The van der Waals surface area contributed by atoms with Gasteiger partial charge in [0.1, 0.15) is 11.3 Å². The highest BCUT2D eigenvalue weighted by atomic mass is 16.3. The van der Waals surface area contributed by atoms with Crippen LogP contribution in [0.2, 0.25) is 0 Å². The number of aromatic nitrogens is 2. The molecule has 1 atom stereocenters. The number of para-hydroxylation sites is 1. The zero-order valence-corrected chi connectivity index (χ0v) is 31.4. The van der Waals surface area contributed by atoms with Crippen molar-refractivity contribution in [1.29, 1.82) is 0 Å². The van der Waals surface area contributed by atoms with Crippen molar-refractivity contribution < 1.29 is 4.42 Å². The van der Waals surface area contributed by atoms with Crippen molar-refractivity contribution in [2.75, 3.05) is 0 Å². The summed E-state index contributed by atoms with van der Waals surface area (Å²) in [5, 5.41) is 1.15. The van der Waals surface area contributed by atoms with Crippen LogP contribution < -0.4 is 0 Å². The molecule has 2 aliphatic rings. The van der Waals surface area contributed by atoms with Crippen molar-refractivity contribution in [2.45, 2.75) is 5.41 Å². The summed E-state index contributed by atoms with van der Waals surface area (Å²) in [5.74, 6) is 1.65. The van der Waals surface area contributed by atoms with Crippen LogP contribution >= 0.6 is 0 Å². The Kier molecular flexibility index (Phi) is 7.14. The number of benzene rings is 8. The van der Waals surface area contributed by atoms with E-state index in [4.69, 9.17) is 14.4 Å². The minimum atomic E-state index is -0.564. The number of hydrogen-bond acceptors (Lipinski definition) is 3. The first-order valence-corrected chi connectivity index (χ1v) is 19.8. The summed E-state index contributed by atoms with van der Waals surface area (Å²) in [6.45, 7) is 0. The van der Waals surface area contributed by atoms with Crippen LogP contribution in [0.1, 0.15) is 22.3 Å². The van der Waals surface area contributed by atoms with Gasteiger partial charge in [-0.25, -0.2) is 9.97 Å². The third kappa shape index (κ3) is 4.74. The molecule has 2 aromatic heterocycles. The molecule has 0 N–H and O–H groups in total.